The first kappa shape index (κ1) is 68.0. The maximum Gasteiger partial charge on any atom is 0.326 e. The average molecular weight is 1060 g/mol. The maximum atomic E-state index is 14.0. The summed E-state index contributed by atoms with van der Waals surface area (Å²) in [4.78, 5) is 144. The van der Waals surface area contributed by atoms with Crippen LogP contribution < -0.4 is 70.8 Å². The predicted octanol–water partition coefficient (Wildman–Crippen LogP) is -3.28. The zero-order valence-electron chi connectivity index (χ0n) is 44.8. The van der Waals surface area contributed by atoms with Crippen LogP contribution in [0.15, 0.2) is 0 Å². The van der Waals surface area contributed by atoms with Crippen molar-refractivity contribution >= 4 is 65.0 Å². The fourth-order valence-electron chi connectivity index (χ4n) is 7.20. The van der Waals surface area contributed by atoms with Gasteiger partial charge in [0.2, 0.25) is 59.1 Å². The van der Waals surface area contributed by atoms with Gasteiger partial charge in [0.1, 0.15) is 42.3 Å². The van der Waals surface area contributed by atoms with Crippen molar-refractivity contribution in [2.75, 3.05) is 26.2 Å². The fourth-order valence-corrected chi connectivity index (χ4v) is 7.20. The number of rotatable bonds is 38. The van der Waals surface area contributed by atoms with Gasteiger partial charge in [0.25, 0.3) is 0 Å². The van der Waals surface area contributed by atoms with E-state index in [0.29, 0.717) is 45.1 Å². The number of carboxylic acid groups (broad SMARTS) is 1. The van der Waals surface area contributed by atoms with Crippen LogP contribution in [0.4, 0.5) is 0 Å². The van der Waals surface area contributed by atoms with Gasteiger partial charge in [-0.2, -0.15) is 0 Å². The highest BCUT2D eigenvalue weighted by Crippen LogP contribution is 2.14. The van der Waals surface area contributed by atoms with Crippen LogP contribution in [0.5, 0.6) is 0 Å². The van der Waals surface area contributed by atoms with Crippen LogP contribution in [-0.2, 0) is 52.7 Å². The Bertz CT molecular complexity index is 1850. The highest BCUT2D eigenvalue weighted by molar-refractivity contribution is 5.98. The van der Waals surface area contributed by atoms with E-state index in [1.54, 1.807) is 55.4 Å². The van der Waals surface area contributed by atoms with Crippen LogP contribution in [0.3, 0.4) is 0 Å². The van der Waals surface area contributed by atoms with Crippen LogP contribution in [0.25, 0.3) is 0 Å². The zero-order chi connectivity index (χ0) is 56.8. The molecule has 74 heavy (non-hydrogen) atoms. The Morgan fingerprint density at radius 2 is 0.919 bits per heavy atom. The lowest BCUT2D eigenvalue weighted by molar-refractivity contribution is -0.142. The molecule has 0 aromatic rings. The summed E-state index contributed by atoms with van der Waals surface area (Å²) in [6.45, 7) is 14.4. The van der Waals surface area contributed by atoms with Gasteiger partial charge in [-0.15, -0.1) is 0 Å². The van der Waals surface area contributed by atoms with Crippen molar-refractivity contribution in [3.05, 3.63) is 0 Å². The molecule has 0 aromatic heterocycles. The molecule has 19 N–H and O–H groups in total. The fraction of sp³-hybridized carbons (Fsp3) is 0.771. The van der Waals surface area contributed by atoms with Gasteiger partial charge in [0.05, 0.1) is 25.2 Å². The minimum Gasteiger partial charge on any atom is -0.480 e. The summed E-state index contributed by atoms with van der Waals surface area (Å²) in [5, 5.41) is 42.6. The molecule has 0 fully saturated rings. The second kappa shape index (κ2) is 36.0. The summed E-state index contributed by atoms with van der Waals surface area (Å²) in [5.74, 6) is -10.7. The van der Waals surface area contributed by atoms with Crippen molar-refractivity contribution in [3.63, 3.8) is 0 Å². The number of amides is 10. The summed E-state index contributed by atoms with van der Waals surface area (Å²) in [6, 6.07) is -10.0. The molecule has 0 spiro atoms. The van der Waals surface area contributed by atoms with Crippen molar-refractivity contribution < 1.29 is 63.0 Å². The lowest BCUT2D eigenvalue weighted by atomic mass is 9.96. The molecule has 0 heterocycles. The van der Waals surface area contributed by atoms with Crippen molar-refractivity contribution in [3.8, 4) is 0 Å². The van der Waals surface area contributed by atoms with Crippen LogP contribution >= 0.6 is 0 Å². The van der Waals surface area contributed by atoms with Crippen molar-refractivity contribution in [2.24, 2.45) is 46.6 Å². The van der Waals surface area contributed by atoms with E-state index in [1.165, 1.54) is 6.92 Å². The number of aliphatic hydroxyl groups excluding tert-OH is 1. The Balaban J connectivity index is 6.07. The number of hydrogen-bond acceptors (Lipinski definition) is 15. The van der Waals surface area contributed by atoms with E-state index in [9.17, 15) is 63.0 Å². The summed E-state index contributed by atoms with van der Waals surface area (Å²) in [6.07, 6.45) is 0.836. The molecule has 0 saturated carbocycles. The van der Waals surface area contributed by atoms with E-state index in [4.69, 9.17) is 22.9 Å². The first-order valence-electron chi connectivity index (χ1n) is 25.7. The second-order valence-corrected chi connectivity index (χ2v) is 19.6. The highest BCUT2D eigenvalue weighted by atomic mass is 16.4. The van der Waals surface area contributed by atoms with E-state index in [-0.39, 0.29) is 50.5 Å². The molecule has 0 bridgehead atoms. The Labute approximate surface area is 435 Å². The van der Waals surface area contributed by atoms with Gasteiger partial charge in [0, 0.05) is 6.42 Å². The molecule has 26 nitrogen and oxygen atoms in total. The SMILES string of the molecule is CC[C@H](C)[C@H](NC(=O)[C@H](CCCCN)NC(=O)[C@@H](NC(=O)[C@@H](NC(=O)[C@@H](N)C(C)C)[C@@H](C)O)[C@@H](C)CC)C(=O)NCC(=O)NCC(=O)N[C@@H](CCC(N)=O)C(=O)N[C@@H](CC(C)C)C(=O)N[C@@H](CCCCN)C(=O)O. The van der Waals surface area contributed by atoms with E-state index in [2.05, 4.69) is 47.9 Å². The van der Waals surface area contributed by atoms with Crippen LogP contribution in [-0.4, -0.2) is 156 Å². The number of hydrogen-bond donors (Lipinski definition) is 15. The first-order chi connectivity index (χ1) is 34.6. The third-order valence-electron chi connectivity index (χ3n) is 12.4. The van der Waals surface area contributed by atoms with E-state index in [0.717, 1.165) is 0 Å². The smallest absolute Gasteiger partial charge is 0.326 e. The maximum absolute atomic E-state index is 14.0. The third kappa shape index (κ3) is 26.3. The predicted molar refractivity (Wildman–Crippen MR) is 274 cm³/mol. The standard InChI is InChI=1S/C48H89N13O13/c1-10-27(7)38(59-42(67)30(16-12-14-20-49)56-46(71)39(28(8)11-2)60-47(72)40(29(9)62)61-44(69)37(52)26(5)6)45(70)54-23-35(64)53-24-36(65)55-31(18-19-34(51)63)41(66)58-33(22-25(3)4)43(68)57-32(48(73)74)17-13-15-21-50/h25-33,37-40,62H,10-24,49-50,52H2,1-9H3,(H2,51,63)(H,53,64)(H,54,70)(H,55,65)(H,56,71)(H,57,68)(H,58,66)(H,59,67)(H,60,72)(H,61,69)(H,73,74)/t27-,28-,29+,30-,31-,32-,33-,37-,38-,39-,40-/m0/s1. The Kier molecular flexibility index (Phi) is 33.1. The summed E-state index contributed by atoms with van der Waals surface area (Å²) in [5.41, 5.74) is 22.5. The Hall–Kier alpha value is -5.99. The minimum absolute atomic E-state index is 0.0802. The molecule has 0 aliphatic rings. The van der Waals surface area contributed by atoms with Gasteiger partial charge in [0.15, 0.2) is 0 Å². The van der Waals surface area contributed by atoms with E-state index >= 15 is 0 Å². The molecule has 0 saturated heterocycles. The average Bonchev–Trinajstić information content (AvgIpc) is 3.33. The Morgan fingerprint density at radius 1 is 0.486 bits per heavy atom. The summed E-state index contributed by atoms with van der Waals surface area (Å²) >= 11 is 0. The molecule has 26 heteroatoms. The first-order valence-corrected chi connectivity index (χ1v) is 25.7. The second-order valence-electron chi connectivity index (χ2n) is 19.6. The van der Waals surface area contributed by atoms with Gasteiger partial charge in [-0.25, -0.2) is 4.79 Å². The van der Waals surface area contributed by atoms with Crippen molar-refractivity contribution in [1.82, 2.24) is 47.9 Å². The molecule has 10 amide bonds. The number of nitrogens with two attached hydrogens (primary N) is 4. The number of carboxylic acids is 1. The highest BCUT2D eigenvalue weighted by Gasteiger charge is 2.37. The molecule has 0 radical (unpaired) electrons. The summed E-state index contributed by atoms with van der Waals surface area (Å²) in [7, 11) is 0. The number of primary amides is 1. The lowest BCUT2D eigenvalue weighted by Crippen LogP contribution is -2.62. The molecule has 0 aliphatic heterocycles. The van der Waals surface area contributed by atoms with Gasteiger partial charge in [-0.05, 0) is 95.1 Å². The number of aliphatic carboxylic acids is 1. The largest absolute Gasteiger partial charge is 0.480 e. The third-order valence-corrected chi connectivity index (χ3v) is 12.4. The number of nitrogens with one attached hydrogen (secondary N) is 9. The molecule has 424 valence electrons. The molecule has 11 atom stereocenters. The van der Waals surface area contributed by atoms with Crippen molar-refractivity contribution in [2.45, 2.75) is 187 Å². The normalized spacial score (nSPS) is 15.7. The lowest BCUT2D eigenvalue weighted by Gasteiger charge is -2.30. The molecule has 0 aliphatic carbocycles. The van der Waals surface area contributed by atoms with Crippen LogP contribution in [0, 0.1) is 23.7 Å². The molecule has 0 aromatic carbocycles. The number of carbonyl (C=O) groups is 11. The number of aliphatic hydroxyl groups is 1. The zero-order valence-corrected chi connectivity index (χ0v) is 44.8. The molecular formula is C48H89N13O13. The summed E-state index contributed by atoms with van der Waals surface area (Å²) < 4.78 is 0. The van der Waals surface area contributed by atoms with E-state index < -0.39 is 144 Å². The topological polar surface area (TPSA) is 441 Å². The molecular weight excluding hydrogens is 967 g/mol. The quantitative estimate of drug-likeness (QED) is 0.0270. The van der Waals surface area contributed by atoms with Gasteiger partial charge >= 0.3 is 5.97 Å². The Morgan fingerprint density at radius 3 is 1.41 bits per heavy atom. The van der Waals surface area contributed by atoms with Gasteiger partial charge in [-0.3, -0.25) is 47.9 Å². The minimum atomic E-state index is -1.47. The van der Waals surface area contributed by atoms with Crippen molar-refractivity contribution in [1.29, 1.82) is 0 Å². The van der Waals surface area contributed by atoms with Crippen LogP contribution in [0.2, 0.25) is 0 Å². The molecule has 0 rings (SSSR count). The molecule has 0 unspecified atom stereocenters. The van der Waals surface area contributed by atoms with Gasteiger partial charge < -0.3 is 81.0 Å². The van der Waals surface area contributed by atoms with Crippen LogP contribution in [0.1, 0.15) is 133 Å². The monoisotopic (exact) mass is 1060 g/mol. The number of unbranched alkanes of at least 4 members (excludes halogenated alkanes) is 2. The number of carbonyl (C=O) groups excluding carboxylic acids is 10. The van der Waals surface area contributed by atoms with E-state index in [1.807, 2.05) is 0 Å². The van der Waals surface area contributed by atoms with Gasteiger partial charge in [-0.1, -0.05) is 68.2 Å².